The van der Waals surface area contributed by atoms with Crippen molar-refractivity contribution in [1.82, 2.24) is 5.32 Å². The van der Waals surface area contributed by atoms with Crippen LogP contribution in [0.5, 0.6) is 0 Å². The number of carbonyl (C=O) groups is 3. The van der Waals surface area contributed by atoms with Crippen LogP contribution in [0, 0.1) is 0 Å². The van der Waals surface area contributed by atoms with Crippen molar-refractivity contribution in [3.63, 3.8) is 0 Å². The standard InChI is InChI=1S/C14H17N3O4/c1-9(18)15-11(14(20)21-2)7-17-8-13(19)16-10-5-3-4-6-12(10)17/h3-6,11H,7-8H2,1-2H3,(H,15,18)(H,16,19). The molecule has 0 fully saturated rings. The second-order valence-corrected chi connectivity index (χ2v) is 4.72. The van der Waals surface area contributed by atoms with Crippen LogP contribution in [0.15, 0.2) is 24.3 Å². The summed E-state index contributed by atoms with van der Waals surface area (Å²) in [5.41, 5.74) is 1.48. The Morgan fingerprint density at radius 3 is 2.81 bits per heavy atom. The van der Waals surface area contributed by atoms with Gasteiger partial charge < -0.3 is 20.3 Å². The van der Waals surface area contributed by atoms with Gasteiger partial charge in [0.05, 0.1) is 25.0 Å². The van der Waals surface area contributed by atoms with Crippen molar-refractivity contribution in [2.45, 2.75) is 13.0 Å². The number of esters is 1. The highest BCUT2D eigenvalue weighted by molar-refractivity contribution is 6.01. The number of benzene rings is 1. The maximum atomic E-state index is 11.8. The molecule has 0 bridgehead atoms. The van der Waals surface area contributed by atoms with Gasteiger partial charge >= 0.3 is 5.97 Å². The van der Waals surface area contributed by atoms with Gasteiger partial charge in [-0.1, -0.05) is 12.1 Å². The molecule has 0 aromatic heterocycles. The average Bonchev–Trinajstić information content (AvgIpc) is 2.45. The summed E-state index contributed by atoms with van der Waals surface area (Å²) in [7, 11) is 1.26. The molecular formula is C14H17N3O4. The molecule has 7 nitrogen and oxygen atoms in total. The third-order valence-corrected chi connectivity index (χ3v) is 3.12. The van der Waals surface area contributed by atoms with Crippen molar-refractivity contribution in [3.8, 4) is 0 Å². The Morgan fingerprint density at radius 2 is 2.14 bits per heavy atom. The number of anilines is 2. The lowest BCUT2D eigenvalue weighted by Gasteiger charge is -2.33. The first-order valence-electron chi connectivity index (χ1n) is 6.50. The molecule has 112 valence electrons. The lowest BCUT2D eigenvalue weighted by Crippen LogP contribution is -2.51. The number of hydrogen-bond donors (Lipinski definition) is 2. The Labute approximate surface area is 122 Å². The number of amides is 2. The number of nitrogens with one attached hydrogen (secondary N) is 2. The van der Waals surface area contributed by atoms with Crippen molar-refractivity contribution in [1.29, 1.82) is 0 Å². The van der Waals surface area contributed by atoms with E-state index in [9.17, 15) is 14.4 Å². The summed E-state index contributed by atoms with van der Waals surface area (Å²) < 4.78 is 4.69. The summed E-state index contributed by atoms with van der Waals surface area (Å²) in [6.45, 7) is 1.60. The molecule has 2 rings (SSSR count). The number of carbonyl (C=O) groups excluding carboxylic acids is 3. The number of fused-ring (bicyclic) bond motifs is 1. The monoisotopic (exact) mass is 291 g/mol. The van der Waals surface area contributed by atoms with Gasteiger partial charge in [0.25, 0.3) is 0 Å². The molecule has 0 saturated heterocycles. The van der Waals surface area contributed by atoms with Gasteiger partial charge in [0.15, 0.2) is 0 Å². The lowest BCUT2D eigenvalue weighted by atomic mass is 10.1. The quantitative estimate of drug-likeness (QED) is 0.770. The second kappa shape index (κ2) is 6.25. The normalized spacial score (nSPS) is 14.8. The summed E-state index contributed by atoms with van der Waals surface area (Å²) >= 11 is 0. The Kier molecular flexibility index (Phi) is 4.42. The fourth-order valence-corrected chi connectivity index (χ4v) is 2.25. The molecule has 1 aliphatic heterocycles. The van der Waals surface area contributed by atoms with Gasteiger partial charge in [-0.3, -0.25) is 9.59 Å². The summed E-state index contributed by atoms with van der Waals surface area (Å²) in [5, 5.41) is 5.30. The first kappa shape index (κ1) is 14.8. The van der Waals surface area contributed by atoms with Gasteiger partial charge in [0.2, 0.25) is 11.8 Å². The molecule has 2 N–H and O–H groups in total. The fourth-order valence-electron chi connectivity index (χ4n) is 2.25. The zero-order chi connectivity index (χ0) is 15.4. The molecule has 1 aliphatic rings. The number of hydrogen-bond acceptors (Lipinski definition) is 5. The molecule has 0 spiro atoms. The summed E-state index contributed by atoms with van der Waals surface area (Å²) in [5.74, 6) is -1.05. The summed E-state index contributed by atoms with van der Waals surface area (Å²) in [6.07, 6.45) is 0. The maximum Gasteiger partial charge on any atom is 0.330 e. The smallest absolute Gasteiger partial charge is 0.330 e. The van der Waals surface area contributed by atoms with E-state index in [-0.39, 0.29) is 24.9 Å². The zero-order valence-electron chi connectivity index (χ0n) is 11.9. The van der Waals surface area contributed by atoms with Crippen LogP contribution >= 0.6 is 0 Å². The van der Waals surface area contributed by atoms with E-state index in [1.807, 2.05) is 18.2 Å². The van der Waals surface area contributed by atoms with Crippen LogP contribution < -0.4 is 15.5 Å². The predicted octanol–water partition coefficient (Wildman–Crippen LogP) is 0.123. The molecule has 1 atom stereocenters. The number of rotatable bonds is 4. The maximum absolute atomic E-state index is 11.8. The molecule has 21 heavy (non-hydrogen) atoms. The minimum atomic E-state index is -0.827. The molecular weight excluding hydrogens is 274 g/mol. The van der Waals surface area contributed by atoms with Crippen LogP contribution in [0.3, 0.4) is 0 Å². The summed E-state index contributed by atoms with van der Waals surface area (Å²) in [6, 6.07) is 6.46. The van der Waals surface area contributed by atoms with E-state index in [2.05, 4.69) is 15.4 Å². The van der Waals surface area contributed by atoms with Crippen molar-refractivity contribution in [2.75, 3.05) is 30.4 Å². The van der Waals surface area contributed by atoms with Gasteiger partial charge in [0.1, 0.15) is 6.04 Å². The van der Waals surface area contributed by atoms with Crippen molar-refractivity contribution in [2.24, 2.45) is 0 Å². The van der Waals surface area contributed by atoms with Crippen LogP contribution in [-0.4, -0.2) is 44.0 Å². The Hall–Kier alpha value is -2.57. The third-order valence-electron chi connectivity index (χ3n) is 3.12. The molecule has 1 unspecified atom stereocenters. The molecule has 0 radical (unpaired) electrons. The Bertz CT molecular complexity index is 573. The van der Waals surface area contributed by atoms with Crippen LogP contribution in [-0.2, 0) is 19.1 Å². The van der Waals surface area contributed by atoms with Gasteiger partial charge in [-0.05, 0) is 12.1 Å². The van der Waals surface area contributed by atoms with Crippen LogP contribution in [0.2, 0.25) is 0 Å². The SMILES string of the molecule is COC(=O)C(CN1CC(=O)Nc2ccccc21)NC(C)=O. The largest absolute Gasteiger partial charge is 0.467 e. The number of nitrogens with zero attached hydrogens (tertiary/aromatic N) is 1. The van der Waals surface area contributed by atoms with E-state index in [1.165, 1.54) is 14.0 Å². The molecule has 7 heteroatoms. The highest BCUT2D eigenvalue weighted by atomic mass is 16.5. The van der Waals surface area contributed by atoms with E-state index in [4.69, 9.17) is 0 Å². The molecule has 1 aromatic rings. The van der Waals surface area contributed by atoms with E-state index in [0.29, 0.717) is 5.69 Å². The number of methoxy groups -OCH3 is 1. The topological polar surface area (TPSA) is 87.7 Å². The third kappa shape index (κ3) is 3.50. The van der Waals surface area contributed by atoms with Crippen LogP contribution in [0.1, 0.15) is 6.92 Å². The van der Waals surface area contributed by atoms with Gasteiger partial charge in [-0.15, -0.1) is 0 Å². The van der Waals surface area contributed by atoms with Crippen molar-refractivity contribution in [3.05, 3.63) is 24.3 Å². The highest BCUT2D eigenvalue weighted by Gasteiger charge is 2.28. The van der Waals surface area contributed by atoms with Crippen LogP contribution in [0.4, 0.5) is 11.4 Å². The minimum Gasteiger partial charge on any atom is -0.467 e. The van der Waals surface area contributed by atoms with Gasteiger partial charge in [-0.25, -0.2) is 4.79 Å². The van der Waals surface area contributed by atoms with Gasteiger partial charge in [0, 0.05) is 13.5 Å². The first-order valence-corrected chi connectivity index (χ1v) is 6.50. The molecule has 0 saturated carbocycles. The average molecular weight is 291 g/mol. The second-order valence-electron chi connectivity index (χ2n) is 4.72. The molecule has 2 amide bonds. The zero-order valence-corrected chi connectivity index (χ0v) is 11.9. The molecule has 1 heterocycles. The number of ether oxygens (including phenoxy) is 1. The lowest BCUT2D eigenvalue weighted by molar-refractivity contribution is -0.144. The van der Waals surface area contributed by atoms with Crippen molar-refractivity contribution < 1.29 is 19.1 Å². The van der Waals surface area contributed by atoms with E-state index in [0.717, 1.165) is 5.69 Å². The van der Waals surface area contributed by atoms with Crippen molar-refractivity contribution >= 4 is 29.2 Å². The van der Waals surface area contributed by atoms with Crippen LogP contribution in [0.25, 0.3) is 0 Å². The number of para-hydroxylation sites is 2. The molecule has 1 aromatic carbocycles. The summed E-state index contributed by atoms with van der Waals surface area (Å²) in [4.78, 5) is 36.4. The highest BCUT2D eigenvalue weighted by Crippen LogP contribution is 2.28. The Morgan fingerprint density at radius 1 is 1.43 bits per heavy atom. The van der Waals surface area contributed by atoms with Gasteiger partial charge in [-0.2, -0.15) is 0 Å². The first-order chi connectivity index (χ1) is 10.0. The Balaban J connectivity index is 2.22. The predicted molar refractivity (Wildman–Crippen MR) is 76.9 cm³/mol. The van der Waals surface area contributed by atoms with E-state index >= 15 is 0 Å². The van der Waals surface area contributed by atoms with E-state index < -0.39 is 12.0 Å². The fraction of sp³-hybridized carbons (Fsp3) is 0.357. The molecule has 0 aliphatic carbocycles. The van der Waals surface area contributed by atoms with E-state index in [1.54, 1.807) is 11.0 Å². The minimum absolute atomic E-state index is 0.115.